The van der Waals surface area contributed by atoms with Crippen molar-refractivity contribution in [1.82, 2.24) is 9.58 Å². The van der Waals surface area contributed by atoms with E-state index in [-0.39, 0.29) is 30.8 Å². The smallest absolute Gasteiger partial charge is 0.278 e. The lowest BCUT2D eigenvalue weighted by atomic mass is 9.93. The van der Waals surface area contributed by atoms with Crippen molar-refractivity contribution in [3.63, 3.8) is 0 Å². The Kier molecular flexibility index (Phi) is 5.80. The average molecular weight is 476 g/mol. The maximum atomic E-state index is 15.1. The van der Waals surface area contributed by atoms with Gasteiger partial charge in [0.25, 0.3) is 5.91 Å². The highest BCUT2D eigenvalue weighted by Crippen LogP contribution is 2.39. The Labute approximate surface area is 202 Å². The van der Waals surface area contributed by atoms with E-state index in [9.17, 15) is 14.7 Å². The highest BCUT2D eigenvalue weighted by atomic mass is 19.1. The zero-order valence-corrected chi connectivity index (χ0v) is 19.5. The van der Waals surface area contributed by atoms with Crippen molar-refractivity contribution in [2.75, 3.05) is 18.3 Å². The Morgan fingerprint density at radius 3 is 2.60 bits per heavy atom. The van der Waals surface area contributed by atoms with E-state index in [0.29, 0.717) is 12.0 Å². The molecule has 2 aliphatic heterocycles. The zero-order chi connectivity index (χ0) is 24.7. The monoisotopic (exact) mass is 475 g/mol. The second-order valence-corrected chi connectivity index (χ2v) is 8.86. The minimum atomic E-state index is -0.637. The molecule has 0 saturated carbocycles. The number of hydrogen-bond acceptors (Lipinski definition) is 5. The number of rotatable bonds is 1. The number of pyridine rings is 1. The van der Waals surface area contributed by atoms with Crippen LogP contribution in [0.15, 0.2) is 71.7 Å². The number of para-hydroxylation sites is 1. The van der Waals surface area contributed by atoms with E-state index in [1.54, 1.807) is 23.1 Å². The number of carbonyl (C=O) groups excluding carboxylic acids is 1. The van der Waals surface area contributed by atoms with Gasteiger partial charge in [-0.15, -0.1) is 0 Å². The van der Waals surface area contributed by atoms with Gasteiger partial charge in [0.1, 0.15) is 19.3 Å². The van der Waals surface area contributed by atoms with Crippen molar-refractivity contribution < 1.29 is 19.0 Å². The van der Waals surface area contributed by atoms with Gasteiger partial charge in [-0.05, 0) is 37.5 Å². The number of ether oxygens (including phenoxy) is 1. The van der Waals surface area contributed by atoms with Gasteiger partial charge in [-0.3, -0.25) is 19.3 Å². The van der Waals surface area contributed by atoms with Crippen molar-refractivity contribution in [3.8, 4) is 11.5 Å². The Balaban J connectivity index is 1.84. The van der Waals surface area contributed by atoms with Gasteiger partial charge >= 0.3 is 0 Å². The second-order valence-electron chi connectivity index (χ2n) is 8.86. The lowest BCUT2D eigenvalue weighted by Gasteiger charge is -2.46. The van der Waals surface area contributed by atoms with Gasteiger partial charge in [-0.1, -0.05) is 48.6 Å². The van der Waals surface area contributed by atoms with Gasteiger partial charge < -0.3 is 14.7 Å². The summed E-state index contributed by atoms with van der Waals surface area (Å²) in [6.45, 7) is 4.21. The van der Waals surface area contributed by atoms with E-state index >= 15 is 4.39 Å². The van der Waals surface area contributed by atoms with E-state index in [4.69, 9.17) is 4.74 Å². The predicted molar refractivity (Wildman–Crippen MR) is 130 cm³/mol. The van der Waals surface area contributed by atoms with Crippen molar-refractivity contribution >= 4 is 5.91 Å². The normalized spacial score (nSPS) is 20.7. The summed E-state index contributed by atoms with van der Waals surface area (Å²) in [5.74, 6) is -1.42. The van der Waals surface area contributed by atoms with Crippen molar-refractivity contribution in [2.45, 2.75) is 32.4 Å². The lowest BCUT2D eigenvalue weighted by Crippen LogP contribution is -2.57. The van der Waals surface area contributed by atoms with Gasteiger partial charge in [0.15, 0.2) is 23.0 Å². The van der Waals surface area contributed by atoms with Gasteiger partial charge in [-0.2, -0.15) is 0 Å². The fourth-order valence-electron chi connectivity index (χ4n) is 4.80. The number of fused-ring (bicyclic) bond motifs is 5. The van der Waals surface area contributed by atoms with Gasteiger partial charge in [0.2, 0.25) is 5.43 Å². The summed E-state index contributed by atoms with van der Waals surface area (Å²) in [6.07, 6.45) is 5.70. The summed E-state index contributed by atoms with van der Waals surface area (Å²) in [7, 11) is 0. The molecular weight excluding hydrogens is 449 g/mol. The number of nitrogens with zero attached hydrogens (tertiary/aromatic N) is 3. The number of aromatic hydroxyl groups is 1. The van der Waals surface area contributed by atoms with Crippen molar-refractivity contribution in [3.05, 3.63) is 105 Å². The molecule has 2 atom stereocenters. The first-order valence-electron chi connectivity index (χ1n) is 11.5. The summed E-state index contributed by atoms with van der Waals surface area (Å²) in [4.78, 5) is 27.5. The minimum absolute atomic E-state index is 0.117. The van der Waals surface area contributed by atoms with Crippen LogP contribution in [0.4, 0.5) is 4.39 Å². The average Bonchev–Trinajstić information content (AvgIpc) is 2.84. The molecule has 5 rings (SSSR count). The fraction of sp³-hybridized carbons (Fsp3) is 0.259. The topological polar surface area (TPSA) is 75.0 Å². The van der Waals surface area contributed by atoms with Crippen LogP contribution in [0.3, 0.4) is 0 Å². The summed E-state index contributed by atoms with van der Waals surface area (Å²) < 4.78 is 22.6. The van der Waals surface area contributed by atoms with E-state index in [1.807, 2.05) is 49.2 Å². The van der Waals surface area contributed by atoms with Crippen LogP contribution in [-0.2, 0) is 0 Å². The molecule has 2 bridgehead atoms. The second kappa shape index (κ2) is 8.94. The molecule has 0 radical (unpaired) electrons. The van der Waals surface area contributed by atoms with Crippen LogP contribution < -0.4 is 15.2 Å². The molecule has 0 aliphatic carbocycles. The van der Waals surface area contributed by atoms with Crippen LogP contribution in [0.5, 0.6) is 11.5 Å². The van der Waals surface area contributed by atoms with Crippen LogP contribution >= 0.6 is 0 Å². The van der Waals surface area contributed by atoms with Crippen LogP contribution in [0.25, 0.3) is 0 Å². The quantitative estimate of drug-likeness (QED) is 0.541. The molecule has 1 N–H and O–H groups in total. The molecule has 0 saturated heterocycles. The molecule has 3 heterocycles. The minimum Gasteiger partial charge on any atom is -0.502 e. The third-order valence-corrected chi connectivity index (χ3v) is 6.66. The van der Waals surface area contributed by atoms with Crippen LogP contribution in [0.2, 0.25) is 0 Å². The third-order valence-electron chi connectivity index (χ3n) is 6.66. The van der Waals surface area contributed by atoms with Crippen LogP contribution in [-0.4, -0.2) is 39.9 Å². The number of amides is 1. The van der Waals surface area contributed by atoms with Gasteiger partial charge in [0, 0.05) is 23.9 Å². The largest absolute Gasteiger partial charge is 0.502 e. The Morgan fingerprint density at radius 2 is 1.80 bits per heavy atom. The molecule has 0 spiro atoms. The molecule has 0 unspecified atom stereocenters. The third kappa shape index (κ3) is 3.84. The number of aryl methyl sites for hydroxylation is 1. The molecule has 180 valence electrons. The maximum Gasteiger partial charge on any atom is 0.278 e. The fourth-order valence-corrected chi connectivity index (χ4v) is 4.80. The molecule has 3 aromatic rings. The maximum absolute atomic E-state index is 15.1. The Morgan fingerprint density at radius 1 is 1.03 bits per heavy atom. The van der Waals surface area contributed by atoms with Gasteiger partial charge in [0.05, 0.1) is 0 Å². The molecule has 35 heavy (non-hydrogen) atoms. The van der Waals surface area contributed by atoms with E-state index < -0.39 is 28.9 Å². The predicted octanol–water partition coefficient (Wildman–Crippen LogP) is 3.87. The summed E-state index contributed by atoms with van der Waals surface area (Å²) in [5, 5.41) is 12.6. The Hall–Kier alpha value is -4.07. The number of carbonyl (C=O) groups is 1. The van der Waals surface area contributed by atoms with Crippen LogP contribution in [0, 0.1) is 12.7 Å². The van der Waals surface area contributed by atoms with Crippen molar-refractivity contribution in [1.29, 1.82) is 0 Å². The summed E-state index contributed by atoms with van der Waals surface area (Å²) in [6, 6.07) is 12.9. The highest BCUT2D eigenvalue weighted by molar-refractivity contribution is 5.96. The number of benzene rings is 2. The number of halogens is 1. The molecule has 7 nitrogen and oxygen atoms in total. The summed E-state index contributed by atoms with van der Waals surface area (Å²) >= 11 is 0. The van der Waals surface area contributed by atoms with E-state index in [0.717, 1.165) is 11.1 Å². The first-order valence-corrected chi connectivity index (χ1v) is 11.5. The Bertz CT molecular complexity index is 1380. The zero-order valence-electron chi connectivity index (χ0n) is 19.5. The van der Waals surface area contributed by atoms with Crippen molar-refractivity contribution in [2.24, 2.45) is 0 Å². The molecule has 2 aliphatic rings. The molecule has 8 heteroatoms. The number of aromatic nitrogens is 1. The first kappa shape index (κ1) is 22.7. The van der Waals surface area contributed by atoms with E-state index in [1.165, 1.54) is 23.0 Å². The SMILES string of the molecule is Cc1ccccc1[C@H]1c2cccc(F)c2OC/C=C/C[C@H](C)N2CN1n1ccc(=O)c(O)c1C2=O. The molecule has 0 fully saturated rings. The highest BCUT2D eigenvalue weighted by Gasteiger charge is 2.39. The number of hydrogen-bond donors (Lipinski definition) is 1. The molecule has 1 aromatic heterocycles. The molecule has 2 aromatic carbocycles. The van der Waals surface area contributed by atoms with Gasteiger partial charge in [-0.25, -0.2) is 4.39 Å². The molecule has 1 amide bonds. The standard InChI is InChI=1S/C27H26FN3O4/c1-17-8-3-4-10-19(17)23-20-11-7-12-21(28)26(20)35-15-6-5-9-18(2)29-16-31(23)30-14-13-22(32)25(33)24(30)27(29)34/h3-8,10-14,18,23,33H,9,15-16H2,1-2H3/b6-5+/t18-,23-/m0/s1. The van der Waals surface area contributed by atoms with E-state index in [2.05, 4.69) is 0 Å². The first-order chi connectivity index (χ1) is 16.9. The van der Waals surface area contributed by atoms with Crippen LogP contribution in [0.1, 0.15) is 46.6 Å². The summed E-state index contributed by atoms with van der Waals surface area (Å²) in [5.41, 5.74) is 1.65. The lowest BCUT2D eigenvalue weighted by molar-refractivity contribution is 0.0606. The molecular formula is C27H26FN3O4.